The molecule has 166 valence electrons. The molecule has 32 heavy (non-hydrogen) atoms. The standard InChI is InChI=1S/C26H29N3O3/c1-31-24-13-20-23(14-25(24)32-2)27-15-18(26(20)30)9-12-29-10-7-17(8-11-29)21-16-28-22-6-4-3-5-19(21)22/h3-6,13-17,28H,7-12H2,1-2H3,(H,27,30). The summed E-state index contributed by atoms with van der Waals surface area (Å²) in [7, 11) is 3.18. The summed E-state index contributed by atoms with van der Waals surface area (Å²) < 4.78 is 10.7. The summed E-state index contributed by atoms with van der Waals surface area (Å²) in [6.07, 6.45) is 7.05. The average molecular weight is 432 g/mol. The first-order valence-electron chi connectivity index (χ1n) is 11.2. The molecule has 1 saturated heterocycles. The van der Waals surface area contributed by atoms with E-state index in [1.165, 1.54) is 16.5 Å². The number of fused-ring (bicyclic) bond motifs is 2. The minimum atomic E-state index is 0.0633. The Labute approximate surface area is 187 Å². The molecule has 6 heteroatoms. The first-order valence-corrected chi connectivity index (χ1v) is 11.2. The van der Waals surface area contributed by atoms with Crippen molar-refractivity contribution in [2.24, 2.45) is 0 Å². The number of ether oxygens (including phenoxy) is 2. The van der Waals surface area contributed by atoms with E-state index in [0.29, 0.717) is 22.8 Å². The molecule has 6 nitrogen and oxygen atoms in total. The number of methoxy groups -OCH3 is 2. The highest BCUT2D eigenvalue weighted by molar-refractivity contribution is 5.84. The van der Waals surface area contributed by atoms with Gasteiger partial charge < -0.3 is 24.3 Å². The predicted octanol–water partition coefficient (Wildman–Crippen LogP) is 4.45. The molecule has 0 bridgehead atoms. The van der Waals surface area contributed by atoms with Crippen molar-refractivity contribution < 1.29 is 9.47 Å². The minimum Gasteiger partial charge on any atom is -0.493 e. The maximum Gasteiger partial charge on any atom is 0.192 e. The Morgan fingerprint density at radius 1 is 0.938 bits per heavy atom. The summed E-state index contributed by atoms with van der Waals surface area (Å²) in [5.41, 5.74) is 4.29. The lowest BCUT2D eigenvalue weighted by Crippen LogP contribution is -2.35. The number of rotatable bonds is 6. The summed E-state index contributed by atoms with van der Waals surface area (Å²) in [5.74, 6) is 1.78. The third-order valence-electron chi connectivity index (χ3n) is 6.81. The number of hydrogen-bond acceptors (Lipinski definition) is 4. The number of H-pyrrole nitrogens is 2. The summed E-state index contributed by atoms with van der Waals surface area (Å²) in [5, 5.41) is 1.99. The van der Waals surface area contributed by atoms with Crippen LogP contribution in [0.3, 0.4) is 0 Å². The first-order chi connectivity index (χ1) is 15.7. The monoisotopic (exact) mass is 431 g/mol. The van der Waals surface area contributed by atoms with Crippen molar-refractivity contribution in [2.45, 2.75) is 25.2 Å². The summed E-state index contributed by atoms with van der Waals surface area (Å²) in [6.45, 7) is 3.00. The quantitative estimate of drug-likeness (QED) is 0.473. The number of benzene rings is 2. The number of nitrogens with zero attached hydrogens (tertiary/aromatic N) is 1. The number of piperidine rings is 1. The largest absolute Gasteiger partial charge is 0.493 e. The molecule has 2 aromatic heterocycles. The van der Waals surface area contributed by atoms with Crippen molar-refractivity contribution in [2.75, 3.05) is 33.9 Å². The van der Waals surface area contributed by atoms with Crippen LogP contribution in [-0.2, 0) is 6.42 Å². The van der Waals surface area contributed by atoms with Gasteiger partial charge in [0.15, 0.2) is 16.9 Å². The van der Waals surface area contributed by atoms with Crippen LogP contribution in [0.15, 0.2) is 53.6 Å². The maximum absolute atomic E-state index is 13.1. The van der Waals surface area contributed by atoms with Crippen molar-refractivity contribution in [3.63, 3.8) is 0 Å². The molecule has 0 spiro atoms. The molecule has 4 aromatic rings. The lowest BCUT2D eigenvalue weighted by molar-refractivity contribution is 0.215. The SMILES string of the molecule is COc1cc2[nH]cc(CCN3CCC(c4c[nH]c5ccccc45)CC3)c(=O)c2cc1OC. The average Bonchev–Trinajstić information content (AvgIpc) is 3.27. The van der Waals surface area contributed by atoms with Gasteiger partial charge in [-0.3, -0.25) is 4.79 Å². The van der Waals surface area contributed by atoms with Gasteiger partial charge in [0.05, 0.1) is 19.7 Å². The van der Waals surface area contributed by atoms with Gasteiger partial charge in [0.2, 0.25) is 0 Å². The van der Waals surface area contributed by atoms with Crippen LogP contribution in [0.25, 0.3) is 21.8 Å². The molecule has 0 unspecified atom stereocenters. The second-order valence-electron chi connectivity index (χ2n) is 8.55. The van der Waals surface area contributed by atoms with E-state index in [0.717, 1.165) is 50.0 Å². The van der Waals surface area contributed by atoms with Crippen molar-refractivity contribution in [3.05, 3.63) is 70.1 Å². The predicted molar refractivity (Wildman–Crippen MR) is 128 cm³/mol. The number of likely N-dealkylation sites (tertiary alicyclic amines) is 1. The van der Waals surface area contributed by atoms with Crippen molar-refractivity contribution in [1.29, 1.82) is 0 Å². The number of aromatic nitrogens is 2. The zero-order valence-corrected chi connectivity index (χ0v) is 18.6. The number of hydrogen-bond donors (Lipinski definition) is 2. The van der Waals surface area contributed by atoms with E-state index in [4.69, 9.17) is 9.47 Å². The molecule has 1 fully saturated rings. The van der Waals surface area contributed by atoms with Crippen LogP contribution in [-0.4, -0.2) is 48.7 Å². The van der Waals surface area contributed by atoms with E-state index in [1.54, 1.807) is 20.3 Å². The van der Waals surface area contributed by atoms with Gasteiger partial charge in [-0.15, -0.1) is 0 Å². The molecule has 1 aliphatic rings. The third-order valence-corrected chi connectivity index (χ3v) is 6.81. The van der Waals surface area contributed by atoms with Crippen molar-refractivity contribution in [1.82, 2.24) is 14.9 Å². The molecule has 2 N–H and O–H groups in total. The first kappa shape index (κ1) is 20.6. The van der Waals surface area contributed by atoms with E-state index in [2.05, 4.69) is 45.3 Å². The van der Waals surface area contributed by atoms with Crippen molar-refractivity contribution in [3.8, 4) is 11.5 Å². The molecular formula is C26H29N3O3. The van der Waals surface area contributed by atoms with Crippen LogP contribution >= 0.6 is 0 Å². The minimum absolute atomic E-state index is 0.0633. The van der Waals surface area contributed by atoms with E-state index in [-0.39, 0.29) is 5.43 Å². The Bertz CT molecular complexity index is 1300. The molecular weight excluding hydrogens is 402 g/mol. The Morgan fingerprint density at radius 3 is 2.44 bits per heavy atom. The number of pyridine rings is 1. The molecule has 0 atom stereocenters. The topological polar surface area (TPSA) is 70.3 Å². The fraction of sp³-hybridized carbons (Fsp3) is 0.346. The van der Waals surface area contributed by atoms with E-state index < -0.39 is 0 Å². The van der Waals surface area contributed by atoms with Crippen LogP contribution in [0.4, 0.5) is 0 Å². The number of nitrogens with one attached hydrogen (secondary N) is 2. The second kappa shape index (κ2) is 8.71. The number of para-hydroxylation sites is 1. The van der Waals surface area contributed by atoms with Gasteiger partial charge in [-0.1, -0.05) is 18.2 Å². The Kier molecular flexibility index (Phi) is 5.62. The molecule has 5 rings (SSSR count). The highest BCUT2D eigenvalue weighted by Crippen LogP contribution is 2.33. The van der Waals surface area contributed by atoms with Gasteiger partial charge in [-0.25, -0.2) is 0 Å². The van der Waals surface area contributed by atoms with Gasteiger partial charge in [-0.2, -0.15) is 0 Å². The molecule has 1 aliphatic heterocycles. The smallest absolute Gasteiger partial charge is 0.192 e. The van der Waals surface area contributed by atoms with Crippen LogP contribution in [0.1, 0.15) is 29.9 Å². The molecule has 3 heterocycles. The van der Waals surface area contributed by atoms with E-state index in [9.17, 15) is 4.79 Å². The molecule has 0 amide bonds. The van der Waals surface area contributed by atoms with Gasteiger partial charge in [-0.05, 0) is 56.0 Å². The summed E-state index contributed by atoms with van der Waals surface area (Å²) >= 11 is 0. The molecule has 0 aliphatic carbocycles. The van der Waals surface area contributed by atoms with Crippen molar-refractivity contribution >= 4 is 21.8 Å². The second-order valence-corrected chi connectivity index (χ2v) is 8.55. The van der Waals surface area contributed by atoms with Gasteiger partial charge >= 0.3 is 0 Å². The van der Waals surface area contributed by atoms with Crippen LogP contribution in [0.2, 0.25) is 0 Å². The fourth-order valence-electron chi connectivity index (χ4n) is 4.95. The maximum atomic E-state index is 13.1. The Morgan fingerprint density at radius 2 is 1.66 bits per heavy atom. The van der Waals surface area contributed by atoms with Gasteiger partial charge in [0.25, 0.3) is 0 Å². The van der Waals surface area contributed by atoms with E-state index >= 15 is 0 Å². The molecule has 2 aromatic carbocycles. The highest BCUT2D eigenvalue weighted by atomic mass is 16.5. The van der Waals surface area contributed by atoms with Crippen LogP contribution < -0.4 is 14.9 Å². The van der Waals surface area contributed by atoms with Crippen LogP contribution in [0, 0.1) is 0 Å². The van der Waals surface area contributed by atoms with Crippen LogP contribution in [0.5, 0.6) is 11.5 Å². The summed E-state index contributed by atoms with van der Waals surface area (Å²) in [4.78, 5) is 22.2. The third kappa shape index (κ3) is 3.75. The van der Waals surface area contributed by atoms with Gasteiger partial charge in [0, 0.05) is 46.9 Å². The number of aromatic amines is 2. The molecule has 0 saturated carbocycles. The van der Waals surface area contributed by atoms with E-state index in [1.807, 2.05) is 12.3 Å². The highest BCUT2D eigenvalue weighted by Gasteiger charge is 2.23. The zero-order chi connectivity index (χ0) is 22.1. The Balaban J connectivity index is 1.25. The molecule has 0 radical (unpaired) electrons. The van der Waals surface area contributed by atoms with Gasteiger partial charge in [0.1, 0.15) is 0 Å². The fourth-order valence-corrected chi connectivity index (χ4v) is 4.95. The zero-order valence-electron chi connectivity index (χ0n) is 18.6. The summed E-state index contributed by atoms with van der Waals surface area (Å²) in [6, 6.07) is 12.1. The normalized spacial score (nSPS) is 15.4. The Hall–Kier alpha value is -3.25. The lowest BCUT2D eigenvalue weighted by atomic mass is 9.89. The lowest BCUT2D eigenvalue weighted by Gasteiger charge is -2.31.